The van der Waals surface area contributed by atoms with Gasteiger partial charge in [-0.2, -0.15) is 0 Å². The first kappa shape index (κ1) is 19.5. The molecule has 0 aliphatic carbocycles. The molecular formula is C19H26ClN3O2. The average Bonchev–Trinajstić information content (AvgIpc) is 3.02. The van der Waals surface area contributed by atoms with Crippen molar-refractivity contribution in [2.24, 2.45) is 5.92 Å². The quantitative estimate of drug-likeness (QED) is 0.787. The van der Waals surface area contributed by atoms with Crippen LogP contribution >= 0.6 is 12.4 Å². The fraction of sp³-hybridized carbons (Fsp3) is 0.474. The van der Waals surface area contributed by atoms with Crippen molar-refractivity contribution in [2.45, 2.75) is 26.2 Å². The van der Waals surface area contributed by atoms with Gasteiger partial charge in [-0.3, -0.25) is 9.59 Å². The summed E-state index contributed by atoms with van der Waals surface area (Å²) in [6, 6.07) is 8.02. The zero-order valence-electron chi connectivity index (χ0n) is 14.6. The molecule has 5 nitrogen and oxygen atoms in total. The van der Waals surface area contributed by atoms with E-state index in [1.54, 1.807) is 4.90 Å². The predicted octanol–water partition coefficient (Wildman–Crippen LogP) is 2.06. The van der Waals surface area contributed by atoms with Gasteiger partial charge in [-0.1, -0.05) is 30.7 Å². The summed E-state index contributed by atoms with van der Waals surface area (Å²) in [5.41, 5.74) is 3.39. The molecule has 1 atom stereocenters. The predicted molar refractivity (Wildman–Crippen MR) is 102 cm³/mol. The van der Waals surface area contributed by atoms with Crippen LogP contribution in [0.4, 0.5) is 5.69 Å². The van der Waals surface area contributed by atoms with Crippen LogP contribution in [0.2, 0.25) is 0 Å². The van der Waals surface area contributed by atoms with Crippen LogP contribution in [0.15, 0.2) is 35.9 Å². The fourth-order valence-electron chi connectivity index (χ4n) is 3.22. The lowest BCUT2D eigenvalue weighted by molar-refractivity contribution is -0.126. The van der Waals surface area contributed by atoms with E-state index < -0.39 is 0 Å². The van der Waals surface area contributed by atoms with Crippen LogP contribution in [0.3, 0.4) is 0 Å². The van der Waals surface area contributed by atoms with Gasteiger partial charge in [0, 0.05) is 31.7 Å². The standard InChI is InChI=1S/C19H25N3O2.ClH/c1-2-14-3-5-17(6-4-14)22-13-16(11-18(22)23)19(24)21-12-15-7-9-20-10-8-15;/h3-7,16,20H,2,8-13H2,1H3,(H,21,24);1H. The lowest BCUT2D eigenvalue weighted by atomic mass is 10.1. The van der Waals surface area contributed by atoms with E-state index in [0.29, 0.717) is 19.5 Å². The number of aryl methyl sites for hydroxylation is 1. The number of rotatable bonds is 5. The van der Waals surface area contributed by atoms with Gasteiger partial charge in [0.15, 0.2) is 0 Å². The highest BCUT2D eigenvalue weighted by Crippen LogP contribution is 2.25. The van der Waals surface area contributed by atoms with E-state index >= 15 is 0 Å². The summed E-state index contributed by atoms with van der Waals surface area (Å²) in [4.78, 5) is 26.4. The Morgan fingerprint density at radius 3 is 2.72 bits per heavy atom. The third-order valence-electron chi connectivity index (χ3n) is 4.80. The zero-order chi connectivity index (χ0) is 16.9. The number of halogens is 1. The molecule has 2 N–H and O–H groups in total. The second kappa shape index (κ2) is 9.02. The smallest absolute Gasteiger partial charge is 0.227 e. The molecule has 2 aliphatic heterocycles. The van der Waals surface area contributed by atoms with E-state index in [2.05, 4.69) is 23.6 Å². The molecule has 2 heterocycles. The molecule has 0 bridgehead atoms. The largest absolute Gasteiger partial charge is 0.352 e. The summed E-state index contributed by atoms with van der Waals surface area (Å²) in [5, 5.41) is 6.25. The number of anilines is 1. The highest BCUT2D eigenvalue weighted by atomic mass is 35.5. The van der Waals surface area contributed by atoms with Gasteiger partial charge in [0.1, 0.15) is 0 Å². The van der Waals surface area contributed by atoms with Gasteiger partial charge in [0.25, 0.3) is 0 Å². The molecule has 0 saturated carbocycles. The Morgan fingerprint density at radius 1 is 1.32 bits per heavy atom. The van der Waals surface area contributed by atoms with Crippen molar-refractivity contribution in [3.8, 4) is 0 Å². The van der Waals surface area contributed by atoms with Gasteiger partial charge in [0.05, 0.1) is 5.92 Å². The molecule has 2 amide bonds. The normalized spacial score (nSPS) is 20.0. The summed E-state index contributed by atoms with van der Waals surface area (Å²) in [6.45, 7) is 5.00. The van der Waals surface area contributed by atoms with Crippen LogP contribution < -0.4 is 15.5 Å². The van der Waals surface area contributed by atoms with Crippen LogP contribution in [0.1, 0.15) is 25.3 Å². The van der Waals surface area contributed by atoms with Crippen molar-refractivity contribution in [1.82, 2.24) is 10.6 Å². The lowest BCUT2D eigenvalue weighted by Crippen LogP contribution is -2.35. The Kier molecular flexibility index (Phi) is 7.02. The van der Waals surface area contributed by atoms with E-state index in [9.17, 15) is 9.59 Å². The maximum atomic E-state index is 12.4. The summed E-state index contributed by atoms with van der Waals surface area (Å²) in [6.07, 6.45) is 4.37. The number of amides is 2. The van der Waals surface area contributed by atoms with Crippen LogP contribution in [0, 0.1) is 5.92 Å². The molecule has 0 radical (unpaired) electrons. The minimum atomic E-state index is -0.259. The van der Waals surface area contributed by atoms with Crippen LogP contribution in [0.5, 0.6) is 0 Å². The first-order valence-electron chi connectivity index (χ1n) is 8.73. The van der Waals surface area contributed by atoms with Crippen LogP contribution in [0.25, 0.3) is 0 Å². The molecule has 1 unspecified atom stereocenters. The third-order valence-corrected chi connectivity index (χ3v) is 4.80. The van der Waals surface area contributed by atoms with E-state index in [-0.39, 0.29) is 30.1 Å². The molecule has 1 aromatic carbocycles. The van der Waals surface area contributed by atoms with Crippen molar-refractivity contribution < 1.29 is 9.59 Å². The minimum Gasteiger partial charge on any atom is -0.352 e. The van der Waals surface area contributed by atoms with E-state index in [0.717, 1.165) is 31.6 Å². The minimum absolute atomic E-state index is 0. The van der Waals surface area contributed by atoms with E-state index in [1.807, 2.05) is 24.3 Å². The maximum absolute atomic E-state index is 12.4. The summed E-state index contributed by atoms with van der Waals surface area (Å²) in [5.74, 6) is -0.249. The average molecular weight is 364 g/mol. The number of nitrogens with zero attached hydrogens (tertiary/aromatic N) is 1. The Hall–Kier alpha value is -1.85. The van der Waals surface area contributed by atoms with Gasteiger partial charge >= 0.3 is 0 Å². The molecule has 3 rings (SSSR count). The van der Waals surface area contributed by atoms with Crippen molar-refractivity contribution in [1.29, 1.82) is 0 Å². The van der Waals surface area contributed by atoms with Gasteiger partial charge in [0.2, 0.25) is 11.8 Å². The molecule has 1 saturated heterocycles. The SMILES string of the molecule is CCc1ccc(N2CC(C(=O)NCC3=CCNCC3)CC2=O)cc1.Cl. The monoisotopic (exact) mass is 363 g/mol. The van der Waals surface area contributed by atoms with Crippen molar-refractivity contribution in [3.63, 3.8) is 0 Å². The molecule has 0 spiro atoms. The third kappa shape index (κ3) is 4.83. The van der Waals surface area contributed by atoms with E-state index in [1.165, 1.54) is 11.1 Å². The second-order valence-electron chi connectivity index (χ2n) is 6.46. The molecule has 2 aliphatic rings. The lowest BCUT2D eigenvalue weighted by Gasteiger charge is -2.18. The molecule has 25 heavy (non-hydrogen) atoms. The van der Waals surface area contributed by atoms with Crippen LogP contribution in [-0.4, -0.2) is 38.0 Å². The summed E-state index contributed by atoms with van der Waals surface area (Å²) < 4.78 is 0. The van der Waals surface area contributed by atoms with Gasteiger partial charge in [-0.15, -0.1) is 12.4 Å². The van der Waals surface area contributed by atoms with Crippen molar-refractivity contribution in [2.75, 3.05) is 31.1 Å². The first-order valence-corrected chi connectivity index (χ1v) is 8.73. The molecule has 136 valence electrons. The number of hydrogen-bond donors (Lipinski definition) is 2. The molecular weight excluding hydrogens is 338 g/mol. The summed E-state index contributed by atoms with van der Waals surface area (Å²) >= 11 is 0. The Labute approximate surface area is 155 Å². The molecule has 1 aromatic rings. The Morgan fingerprint density at radius 2 is 2.08 bits per heavy atom. The Bertz CT molecular complexity index is 643. The number of benzene rings is 1. The van der Waals surface area contributed by atoms with Gasteiger partial charge in [-0.25, -0.2) is 0 Å². The topological polar surface area (TPSA) is 61.4 Å². The number of carbonyl (C=O) groups is 2. The molecule has 0 aromatic heterocycles. The van der Waals surface area contributed by atoms with Gasteiger partial charge < -0.3 is 15.5 Å². The van der Waals surface area contributed by atoms with Crippen LogP contribution in [-0.2, 0) is 16.0 Å². The number of carbonyl (C=O) groups excluding carboxylic acids is 2. The molecule has 6 heteroatoms. The number of hydrogen-bond acceptors (Lipinski definition) is 3. The van der Waals surface area contributed by atoms with E-state index in [4.69, 9.17) is 0 Å². The maximum Gasteiger partial charge on any atom is 0.227 e. The Balaban J connectivity index is 0.00000225. The molecule has 1 fully saturated rings. The zero-order valence-corrected chi connectivity index (χ0v) is 15.4. The van der Waals surface area contributed by atoms with Gasteiger partial charge in [-0.05, 0) is 37.1 Å². The highest BCUT2D eigenvalue weighted by molar-refractivity contribution is 6.00. The van der Waals surface area contributed by atoms with Crippen molar-refractivity contribution >= 4 is 29.9 Å². The fourth-order valence-corrected chi connectivity index (χ4v) is 3.22. The first-order chi connectivity index (χ1) is 11.7. The number of nitrogens with one attached hydrogen (secondary N) is 2. The van der Waals surface area contributed by atoms with Crippen molar-refractivity contribution in [3.05, 3.63) is 41.5 Å². The second-order valence-corrected chi connectivity index (χ2v) is 6.46. The highest BCUT2D eigenvalue weighted by Gasteiger charge is 2.35. The summed E-state index contributed by atoms with van der Waals surface area (Å²) in [7, 11) is 0.